The Balaban J connectivity index is 1.87. The number of Topliss-reactive ketones (excluding diaryl/α,β-unsaturated/α-hetero) is 2. The maximum atomic E-state index is 12.9. The van der Waals surface area contributed by atoms with Crippen molar-refractivity contribution in [3.05, 3.63) is 69.9 Å². The standard InChI is InChI=1S/C22H23NO3/c1-13-10-14(2)20(15(3)11-13)21-18(24)12-16(22(21)25)8-9-17-6-5-7-19(23-17)26-4/h5-8,10-11,21H,9,12H2,1-4H3/b16-8+. The van der Waals surface area contributed by atoms with Crippen LogP contribution in [0, 0.1) is 20.8 Å². The molecular formula is C22H23NO3. The molecule has 0 bridgehead atoms. The molecule has 0 aliphatic heterocycles. The Labute approximate surface area is 153 Å². The van der Waals surface area contributed by atoms with Crippen molar-refractivity contribution in [3.8, 4) is 5.88 Å². The van der Waals surface area contributed by atoms with E-state index in [1.165, 1.54) is 0 Å². The molecule has 1 aromatic carbocycles. The van der Waals surface area contributed by atoms with Crippen LogP contribution < -0.4 is 4.74 Å². The summed E-state index contributed by atoms with van der Waals surface area (Å²) in [5, 5.41) is 0. The fourth-order valence-electron chi connectivity index (χ4n) is 3.73. The Morgan fingerprint density at radius 3 is 2.50 bits per heavy atom. The summed E-state index contributed by atoms with van der Waals surface area (Å²) in [6, 6.07) is 9.59. The van der Waals surface area contributed by atoms with E-state index in [4.69, 9.17) is 4.74 Å². The molecule has 3 rings (SSSR count). The summed E-state index contributed by atoms with van der Waals surface area (Å²) in [5.74, 6) is -0.221. The molecule has 2 aromatic rings. The summed E-state index contributed by atoms with van der Waals surface area (Å²) in [7, 11) is 1.57. The second-order valence-corrected chi connectivity index (χ2v) is 6.86. The highest BCUT2D eigenvalue weighted by atomic mass is 16.5. The Hall–Kier alpha value is -2.75. The van der Waals surface area contributed by atoms with E-state index in [1.807, 2.05) is 51.1 Å². The van der Waals surface area contributed by atoms with E-state index in [2.05, 4.69) is 4.98 Å². The molecule has 4 heteroatoms. The second kappa shape index (κ2) is 7.24. The zero-order valence-corrected chi connectivity index (χ0v) is 15.6. The summed E-state index contributed by atoms with van der Waals surface area (Å²) in [6.07, 6.45) is 2.53. The van der Waals surface area contributed by atoms with Crippen molar-refractivity contribution in [2.75, 3.05) is 7.11 Å². The molecule has 0 saturated heterocycles. The summed E-state index contributed by atoms with van der Waals surface area (Å²) < 4.78 is 5.12. The predicted molar refractivity (Wildman–Crippen MR) is 101 cm³/mol. The first-order valence-electron chi connectivity index (χ1n) is 8.74. The third-order valence-electron chi connectivity index (χ3n) is 4.84. The van der Waals surface area contributed by atoms with Crippen molar-refractivity contribution >= 4 is 11.6 Å². The van der Waals surface area contributed by atoms with Crippen LogP contribution >= 0.6 is 0 Å². The lowest BCUT2D eigenvalue weighted by Crippen LogP contribution is -2.15. The molecule has 0 spiro atoms. The van der Waals surface area contributed by atoms with Gasteiger partial charge in [-0.2, -0.15) is 0 Å². The van der Waals surface area contributed by atoms with Crippen molar-refractivity contribution < 1.29 is 14.3 Å². The summed E-state index contributed by atoms with van der Waals surface area (Å²) >= 11 is 0. The zero-order valence-electron chi connectivity index (χ0n) is 15.6. The van der Waals surface area contributed by atoms with Crippen molar-refractivity contribution in [2.24, 2.45) is 0 Å². The van der Waals surface area contributed by atoms with Crippen LogP contribution in [0.15, 0.2) is 42.0 Å². The van der Waals surface area contributed by atoms with Gasteiger partial charge in [-0.1, -0.05) is 29.8 Å². The van der Waals surface area contributed by atoms with Crippen LogP contribution in [-0.4, -0.2) is 23.7 Å². The Morgan fingerprint density at radius 1 is 1.15 bits per heavy atom. The third kappa shape index (κ3) is 3.45. The highest BCUT2D eigenvalue weighted by Gasteiger charge is 2.39. The number of ether oxygens (including phenoxy) is 1. The fourth-order valence-corrected chi connectivity index (χ4v) is 3.73. The molecule has 1 heterocycles. The van der Waals surface area contributed by atoms with Gasteiger partial charge in [0.15, 0.2) is 11.6 Å². The molecule has 0 radical (unpaired) electrons. The largest absolute Gasteiger partial charge is 0.481 e. The molecule has 0 N–H and O–H groups in total. The molecule has 4 nitrogen and oxygen atoms in total. The second-order valence-electron chi connectivity index (χ2n) is 6.86. The first kappa shape index (κ1) is 18.1. The molecule has 1 saturated carbocycles. The number of nitrogens with zero attached hydrogens (tertiary/aromatic N) is 1. The van der Waals surface area contributed by atoms with Crippen LogP contribution in [0.25, 0.3) is 0 Å². The van der Waals surface area contributed by atoms with E-state index in [-0.39, 0.29) is 18.0 Å². The highest BCUT2D eigenvalue weighted by Crippen LogP contribution is 2.36. The maximum absolute atomic E-state index is 12.9. The van der Waals surface area contributed by atoms with Gasteiger partial charge in [-0.05, 0) is 43.5 Å². The number of carbonyl (C=O) groups is 2. The number of aromatic nitrogens is 1. The van der Waals surface area contributed by atoms with E-state index in [9.17, 15) is 9.59 Å². The quantitative estimate of drug-likeness (QED) is 0.622. The smallest absolute Gasteiger partial charge is 0.213 e. The Bertz CT molecular complexity index is 888. The molecule has 26 heavy (non-hydrogen) atoms. The van der Waals surface area contributed by atoms with Crippen LogP contribution in [0.3, 0.4) is 0 Å². The lowest BCUT2D eigenvalue weighted by Gasteiger charge is -2.15. The average molecular weight is 349 g/mol. The lowest BCUT2D eigenvalue weighted by atomic mass is 9.87. The van der Waals surface area contributed by atoms with Gasteiger partial charge in [0.2, 0.25) is 5.88 Å². The number of ketones is 2. The highest BCUT2D eigenvalue weighted by molar-refractivity contribution is 6.23. The van der Waals surface area contributed by atoms with E-state index in [0.717, 1.165) is 27.9 Å². The molecule has 1 aliphatic rings. The molecule has 1 aromatic heterocycles. The third-order valence-corrected chi connectivity index (χ3v) is 4.84. The van der Waals surface area contributed by atoms with Gasteiger partial charge in [-0.3, -0.25) is 9.59 Å². The van der Waals surface area contributed by atoms with E-state index < -0.39 is 5.92 Å². The number of pyridine rings is 1. The van der Waals surface area contributed by atoms with E-state index in [1.54, 1.807) is 13.2 Å². The van der Waals surface area contributed by atoms with Gasteiger partial charge in [0.1, 0.15) is 5.92 Å². The number of methoxy groups -OCH3 is 1. The number of benzene rings is 1. The maximum Gasteiger partial charge on any atom is 0.213 e. The molecule has 0 amide bonds. The number of allylic oxidation sites excluding steroid dienone is 2. The number of rotatable bonds is 4. The zero-order chi connectivity index (χ0) is 18.8. The number of hydrogen-bond acceptors (Lipinski definition) is 4. The lowest BCUT2D eigenvalue weighted by molar-refractivity contribution is -0.123. The van der Waals surface area contributed by atoms with E-state index >= 15 is 0 Å². The summed E-state index contributed by atoms with van der Waals surface area (Å²) in [6.45, 7) is 5.96. The van der Waals surface area contributed by atoms with Gasteiger partial charge in [0.25, 0.3) is 0 Å². The van der Waals surface area contributed by atoms with Crippen molar-refractivity contribution in [1.82, 2.24) is 4.98 Å². The van der Waals surface area contributed by atoms with Gasteiger partial charge in [-0.15, -0.1) is 0 Å². The van der Waals surface area contributed by atoms with Gasteiger partial charge >= 0.3 is 0 Å². The van der Waals surface area contributed by atoms with Crippen molar-refractivity contribution in [1.29, 1.82) is 0 Å². The van der Waals surface area contributed by atoms with Crippen LogP contribution in [0.2, 0.25) is 0 Å². The van der Waals surface area contributed by atoms with Crippen LogP contribution in [0.1, 0.15) is 40.3 Å². The normalized spacial score (nSPS) is 18.6. The summed E-state index contributed by atoms with van der Waals surface area (Å²) in [4.78, 5) is 29.9. The minimum atomic E-state index is -0.667. The number of aryl methyl sites for hydroxylation is 3. The topological polar surface area (TPSA) is 56.3 Å². The van der Waals surface area contributed by atoms with Gasteiger partial charge in [-0.25, -0.2) is 4.98 Å². The summed E-state index contributed by atoms with van der Waals surface area (Å²) in [5.41, 5.74) is 5.41. The average Bonchev–Trinajstić information content (AvgIpc) is 2.87. The first-order valence-corrected chi connectivity index (χ1v) is 8.74. The number of hydrogen-bond donors (Lipinski definition) is 0. The number of carbonyl (C=O) groups excluding carboxylic acids is 2. The van der Waals surface area contributed by atoms with Gasteiger partial charge in [0.05, 0.1) is 7.11 Å². The molecule has 134 valence electrons. The first-order chi connectivity index (χ1) is 12.4. The van der Waals surface area contributed by atoms with Crippen molar-refractivity contribution in [2.45, 2.75) is 39.5 Å². The van der Waals surface area contributed by atoms with Crippen LogP contribution in [0.4, 0.5) is 0 Å². The SMILES string of the molecule is COc1cccc(C/C=C2\CC(=O)C(c3c(C)cc(C)cc3C)C2=O)n1. The fraction of sp³-hybridized carbons (Fsp3) is 0.318. The monoisotopic (exact) mass is 349 g/mol. The van der Waals surface area contributed by atoms with Crippen LogP contribution in [-0.2, 0) is 16.0 Å². The van der Waals surface area contributed by atoms with Crippen LogP contribution in [0.5, 0.6) is 5.88 Å². The molecule has 1 aliphatic carbocycles. The van der Waals surface area contributed by atoms with E-state index in [0.29, 0.717) is 17.9 Å². The minimum absolute atomic E-state index is 0.0186. The molecular weight excluding hydrogens is 326 g/mol. The Kier molecular flexibility index (Phi) is 5.03. The predicted octanol–water partition coefficient (Wildman–Crippen LogP) is 3.81. The van der Waals surface area contributed by atoms with Gasteiger partial charge in [0, 0.05) is 30.2 Å². The molecule has 1 atom stereocenters. The van der Waals surface area contributed by atoms with Crippen molar-refractivity contribution in [3.63, 3.8) is 0 Å². The Morgan fingerprint density at radius 2 is 1.85 bits per heavy atom. The van der Waals surface area contributed by atoms with Gasteiger partial charge < -0.3 is 4.74 Å². The minimum Gasteiger partial charge on any atom is -0.481 e. The molecule has 1 unspecified atom stereocenters. The molecule has 1 fully saturated rings.